The predicted octanol–water partition coefficient (Wildman–Crippen LogP) is 5.72. The molecule has 47 heavy (non-hydrogen) atoms. The summed E-state index contributed by atoms with van der Waals surface area (Å²) in [7, 11) is 0.529. The van der Waals surface area contributed by atoms with E-state index in [1.165, 1.54) is 24.3 Å². The molecule has 4 aromatic rings. The summed E-state index contributed by atoms with van der Waals surface area (Å²) >= 11 is 0. The first kappa shape index (κ1) is 34.1. The minimum atomic E-state index is -4.09. The van der Waals surface area contributed by atoms with Crippen LogP contribution in [0.15, 0.2) is 78.0 Å². The second-order valence-electron chi connectivity index (χ2n) is 12.4. The van der Waals surface area contributed by atoms with Crippen LogP contribution in [0.4, 0.5) is 0 Å². The van der Waals surface area contributed by atoms with Gasteiger partial charge >= 0.3 is 0 Å². The molecule has 5 rings (SSSR count). The summed E-state index contributed by atoms with van der Waals surface area (Å²) in [6, 6.07) is 18.9. The molecular formula is C37H44N2O7S. The van der Waals surface area contributed by atoms with Crippen molar-refractivity contribution in [2.45, 2.75) is 63.5 Å². The first-order valence-corrected chi connectivity index (χ1v) is 17.3. The fourth-order valence-corrected chi connectivity index (χ4v) is 7.80. The van der Waals surface area contributed by atoms with Crippen LogP contribution in [0.2, 0.25) is 0 Å². The van der Waals surface area contributed by atoms with Crippen molar-refractivity contribution in [1.82, 2.24) is 9.29 Å². The molecule has 3 aromatic carbocycles. The lowest BCUT2D eigenvalue weighted by atomic mass is 9.85. The standard InChI is InChI=1S/C37H44N2O7S/c1-24-10-12-35(34(16-24)46-5)47(42,43)38-36(40)13-11-26-14-15-39(22-26)23-31(19-27-17-28-8-6-7-9-29(28)18-27)37(41)30-20-32(44-3)25(2)33(21-30)45-4/h6-10,12,14-16,20-22,27,31,37,41H,11,13,17-19,23H2,1-5H3,(H,38,40)/t31-,37+/m0/s1. The zero-order valence-electron chi connectivity index (χ0n) is 27.7. The predicted molar refractivity (Wildman–Crippen MR) is 181 cm³/mol. The Morgan fingerprint density at radius 3 is 2.19 bits per heavy atom. The Hall–Kier alpha value is -4.28. The third kappa shape index (κ3) is 8.00. The van der Waals surface area contributed by atoms with Gasteiger partial charge in [0.15, 0.2) is 0 Å². The average Bonchev–Trinajstić information content (AvgIpc) is 3.69. The highest BCUT2D eigenvalue weighted by Crippen LogP contribution is 2.39. The van der Waals surface area contributed by atoms with Crippen LogP contribution >= 0.6 is 0 Å². The van der Waals surface area contributed by atoms with Crippen LogP contribution < -0.4 is 18.9 Å². The molecule has 1 aromatic heterocycles. The van der Waals surface area contributed by atoms with Crippen molar-refractivity contribution in [2.24, 2.45) is 11.8 Å². The number of nitrogens with one attached hydrogen (secondary N) is 1. The van der Waals surface area contributed by atoms with Crippen LogP contribution in [-0.2, 0) is 40.6 Å². The molecule has 0 saturated heterocycles. The van der Waals surface area contributed by atoms with E-state index in [-0.39, 0.29) is 23.0 Å². The minimum Gasteiger partial charge on any atom is -0.496 e. The molecule has 1 aliphatic rings. The van der Waals surface area contributed by atoms with Gasteiger partial charge in [0.05, 0.1) is 27.4 Å². The molecule has 1 aliphatic carbocycles. The molecule has 250 valence electrons. The molecular weight excluding hydrogens is 616 g/mol. The van der Waals surface area contributed by atoms with Gasteiger partial charge in [0.1, 0.15) is 22.1 Å². The molecule has 1 amide bonds. The number of benzene rings is 3. The van der Waals surface area contributed by atoms with E-state index in [2.05, 4.69) is 29.0 Å². The number of methoxy groups -OCH3 is 3. The molecule has 0 bridgehead atoms. The number of aliphatic hydroxyl groups excluding tert-OH is 1. The number of carbonyl (C=O) groups excluding carboxylic acids is 1. The molecule has 10 heteroatoms. The Labute approximate surface area is 277 Å². The summed E-state index contributed by atoms with van der Waals surface area (Å²) in [6.07, 6.45) is 6.24. The summed E-state index contributed by atoms with van der Waals surface area (Å²) in [5.41, 5.74) is 6.09. The summed E-state index contributed by atoms with van der Waals surface area (Å²) in [5, 5.41) is 11.8. The minimum absolute atomic E-state index is 0.00718. The number of carbonyl (C=O) groups is 1. The van der Waals surface area contributed by atoms with E-state index in [1.54, 1.807) is 26.4 Å². The van der Waals surface area contributed by atoms with Crippen molar-refractivity contribution < 1.29 is 32.5 Å². The third-order valence-corrected chi connectivity index (χ3v) is 10.5. The topological polar surface area (TPSA) is 116 Å². The molecule has 2 atom stereocenters. The number of aromatic nitrogens is 1. The normalized spacial score (nSPS) is 14.3. The van der Waals surface area contributed by atoms with Crippen molar-refractivity contribution in [2.75, 3.05) is 21.3 Å². The van der Waals surface area contributed by atoms with Gasteiger partial charge in [0.25, 0.3) is 10.0 Å². The SMILES string of the molecule is COc1cc(C)ccc1S(=O)(=O)NC(=O)CCc1ccn(C[C@H](CC2Cc3ccccc3C2)[C@H](O)c2cc(OC)c(C)c(OC)c2)c1. The summed E-state index contributed by atoms with van der Waals surface area (Å²) in [6.45, 7) is 4.31. The lowest BCUT2D eigenvalue weighted by Crippen LogP contribution is -2.31. The lowest BCUT2D eigenvalue weighted by molar-refractivity contribution is -0.119. The fraction of sp³-hybridized carbons (Fsp3) is 0.378. The first-order chi connectivity index (χ1) is 22.5. The fourth-order valence-electron chi connectivity index (χ4n) is 6.63. The van der Waals surface area contributed by atoms with E-state index in [0.717, 1.165) is 41.5 Å². The monoisotopic (exact) mass is 660 g/mol. The summed E-state index contributed by atoms with van der Waals surface area (Å²) in [5.74, 6) is 1.18. The zero-order valence-corrected chi connectivity index (χ0v) is 28.5. The van der Waals surface area contributed by atoms with Crippen molar-refractivity contribution in [3.63, 3.8) is 0 Å². The van der Waals surface area contributed by atoms with E-state index >= 15 is 0 Å². The quantitative estimate of drug-likeness (QED) is 0.178. The van der Waals surface area contributed by atoms with Gasteiger partial charge in [-0.05, 0) is 104 Å². The second kappa shape index (κ2) is 14.6. The summed E-state index contributed by atoms with van der Waals surface area (Å²) in [4.78, 5) is 12.6. The van der Waals surface area contributed by atoms with Gasteiger partial charge in [-0.2, -0.15) is 0 Å². The molecule has 1 heterocycles. The number of nitrogens with zero attached hydrogens (tertiary/aromatic N) is 1. The lowest BCUT2D eigenvalue weighted by Gasteiger charge is -2.27. The number of hydrogen-bond donors (Lipinski definition) is 2. The number of aliphatic hydroxyl groups is 1. The highest BCUT2D eigenvalue weighted by atomic mass is 32.2. The summed E-state index contributed by atoms with van der Waals surface area (Å²) < 4.78 is 46.5. The number of aryl methyl sites for hydroxylation is 2. The van der Waals surface area contributed by atoms with Crippen LogP contribution in [0.3, 0.4) is 0 Å². The van der Waals surface area contributed by atoms with Crippen LogP contribution in [0.25, 0.3) is 0 Å². The molecule has 0 unspecified atom stereocenters. The molecule has 9 nitrogen and oxygen atoms in total. The van der Waals surface area contributed by atoms with Crippen LogP contribution in [0, 0.1) is 25.7 Å². The van der Waals surface area contributed by atoms with Gasteiger partial charge in [0.2, 0.25) is 5.91 Å². The van der Waals surface area contributed by atoms with Gasteiger partial charge in [-0.15, -0.1) is 0 Å². The number of sulfonamides is 1. The van der Waals surface area contributed by atoms with Crippen molar-refractivity contribution in [3.05, 3.63) is 106 Å². The molecule has 0 aliphatic heterocycles. The Morgan fingerprint density at radius 2 is 1.57 bits per heavy atom. The highest BCUT2D eigenvalue weighted by molar-refractivity contribution is 7.90. The average molecular weight is 661 g/mol. The van der Waals surface area contributed by atoms with Crippen LogP contribution in [0.5, 0.6) is 17.2 Å². The van der Waals surface area contributed by atoms with Crippen molar-refractivity contribution >= 4 is 15.9 Å². The van der Waals surface area contributed by atoms with Gasteiger partial charge in [-0.1, -0.05) is 30.3 Å². The largest absolute Gasteiger partial charge is 0.496 e. The number of amides is 1. The van der Waals surface area contributed by atoms with Crippen molar-refractivity contribution in [1.29, 1.82) is 0 Å². The maximum Gasteiger partial charge on any atom is 0.267 e. The Kier molecular flexibility index (Phi) is 10.6. The second-order valence-corrected chi connectivity index (χ2v) is 14.1. The number of fused-ring (bicyclic) bond motifs is 1. The molecule has 0 saturated carbocycles. The maximum absolute atomic E-state index is 12.9. The number of ether oxygens (including phenoxy) is 3. The Balaban J connectivity index is 1.29. The number of rotatable bonds is 14. The van der Waals surface area contributed by atoms with Crippen molar-refractivity contribution in [3.8, 4) is 17.2 Å². The highest BCUT2D eigenvalue weighted by Gasteiger charge is 2.30. The van der Waals surface area contributed by atoms with E-state index in [1.807, 2.05) is 49.0 Å². The van der Waals surface area contributed by atoms with E-state index < -0.39 is 22.0 Å². The number of hydrogen-bond acceptors (Lipinski definition) is 7. The molecule has 2 N–H and O–H groups in total. The van der Waals surface area contributed by atoms with Crippen LogP contribution in [-0.4, -0.2) is 45.3 Å². The zero-order chi connectivity index (χ0) is 33.7. The van der Waals surface area contributed by atoms with Gasteiger partial charge in [0, 0.05) is 36.8 Å². The Bertz CT molecular complexity index is 1780. The molecule has 0 radical (unpaired) electrons. The smallest absolute Gasteiger partial charge is 0.267 e. The van der Waals surface area contributed by atoms with E-state index in [9.17, 15) is 18.3 Å². The maximum atomic E-state index is 12.9. The van der Waals surface area contributed by atoms with Crippen LogP contribution in [0.1, 0.15) is 52.3 Å². The van der Waals surface area contributed by atoms with E-state index in [0.29, 0.717) is 30.4 Å². The van der Waals surface area contributed by atoms with E-state index in [4.69, 9.17) is 14.2 Å². The molecule has 0 fully saturated rings. The van der Waals surface area contributed by atoms with Gasteiger partial charge in [-0.3, -0.25) is 4.79 Å². The first-order valence-electron chi connectivity index (χ1n) is 15.8. The third-order valence-electron chi connectivity index (χ3n) is 9.09. The Morgan fingerprint density at radius 1 is 0.936 bits per heavy atom. The molecule has 0 spiro atoms. The van der Waals surface area contributed by atoms with Gasteiger partial charge in [-0.25, -0.2) is 13.1 Å². The van der Waals surface area contributed by atoms with Gasteiger partial charge < -0.3 is 23.9 Å².